The summed E-state index contributed by atoms with van der Waals surface area (Å²) >= 11 is 7.95. The van der Waals surface area contributed by atoms with Gasteiger partial charge in [-0.1, -0.05) is 59.0 Å². The number of benzene rings is 3. The van der Waals surface area contributed by atoms with Gasteiger partial charge in [0.1, 0.15) is 17.5 Å². The molecule has 14 heteroatoms. The summed E-state index contributed by atoms with van der Waals surface area (Å²) in [5, 5.41) is 2.08. The predicted molar refractivity (Wildman–Crippen MR) is 161 cm³/mol. The van der Waals surface area contributed by atoms with Crippen LogP contribution < -0.4 is 19.8 Å². The largest absolute Gasteiger partial charge is 0.497 e. The highest BCUT2D eigenvalue weighted by Crippen LogP contribution is 2.54. The van der Waals surface area contributed by atoms with Gasteiger partial charge >= 0.3 is 11.0 Å². The van der Waals surface area contributed by atoms with Gasteiger partial charge in [0, 0.05) is 15.8 Å². The van der Waals surface area contributed by atoms with E-state index in [0.717, 1.165) is 44.7 Å². The first-order chi connectivity index (χ1) is 21.0. The second-order valence-electron chi connectivity index (χ2n) is 10.0. The van der Waals surface area contributed by atoms with Gasteiger partial charge in [-0.25, -0.2) is 4.90 Å². The molecule has 6 rings (SSSR count). The van der Waals surface area contributed by atoms with Crippen LogP contribution in [0.2, 0.25) is 5.02 Å². The smallest absolute Gasteiger partial charge is 0.418 e. The van der Waals surface area contributed by atoms with Crippen molar-refractivity contribution in [2.45, 2.75) is 28.9 Å². The van der Waals surface area contributed by atoms with Gasteiger partial charge in [-0.15, -0.1) is 0 Å². The maximum Gasteiger partial charge on any atom is 0.418 e. The van der Waals surface area contributed by atoms with Crippen LogP contribution in [0.4, 0.5) is 24.5 Å². The highest BCUT2D eigenvalue weighted by Gasteiger charge is 2.56. The average Bonchev–Trinajstić information content (AvgIpc) is 3.43. The first-order valence-electron chi connectivity index (χ1n) is 13.1. The maximum absolute atomic E-state index is 13.9. The van der Waals surface area contributed by atoms with Crippen LogP contribution in [0, 0.1) is 5.92 Å². The number of carbonyl (C=O) groups is 3. The molecule has 0 radical (unpaired) electrons. The minimum atomic E-state index is -4.70. The Balaban J connectivity index is 1.39. The highest BCUT2D eigenvalue weighted by molar-refractivity contribution is 8.00. The zero-order valence-electron chi connectivity index (χ0n) is 22.6. The van der Waals surface area contributed by atoms with Gasteiger partial charge in [0.05, 0.1) is 35.0 Å². The summed E-state index contributed by atoms with van der Waals surface area (Å²) in [7, 11) is 1.50. The molecule has 0 spiro atoms. The van der Waals surface area contributed by atoms with Gasteiger partial charge < -0.3 is 10.1 Å². The van der Waals surface area contributed by atoms with E-state index in [2.05, 4.69) is 5.32 Å². The molecule has 3 atom stereocenters. The van der Waals surface area contributed by atoms with E-state index in [4.69, 9.17) is 16.3 Å². The van der Waals surface area contributed by atoms with E-state index in [1.807, 2.05) is 0 Å². The number of thioether (sulfide) groups is 1. The van der Waals surface area contributed by atoms with E-state index in [9.17, 15) is 32.3 Å². The lowest BCUT2D eigenvalue weighted by atomic mass is 9.83. The van der Waals surface area contributed by atoms with Crippen LogP contribution in [-0.4, -0.2) is 34.6 Å². The zero-order chi connectivity index (χ0) is 31.3. The van der Waals surface area contributed by atoms with E-state index >= 15 is 0 Å². The third kappa shape index (κ3) is 5.29. The van der Waals surface area contributed by atoms with Crippen molar-refractivity contribution in [3.8, 4) is 5.75 Å². The fourth-order valence-corrected chi connectivity index (χ4v) is 8.34. The van der Waals surface area contributed by atoms with Crippen LogP contribution >= 0.6 is 34.7 Å². The molecule has 3 heterocycles. The first kappa shape index (κ1) is 30.0. The summed E-state index contributed by atoms with van der Waals surface area (Å²) < 4.78 is 46.8. The second-order valence-corrected chi connectivity index (χ2v) is 12.6. The van der Waals surface area contributed by atoms with Gasteiger partial charge in [-0.3, -0.25) is 23.7 Å². The molecule has 2 aliphatic heterocycles. The Hall–Kier alpha value is -4.07. The molecule has 1 fully saturated rings. The Labute approximate surface area is 261 Å². The van der Waals surface area contributed by atoms with Crippen LogP contribution in [0.25, 0.3) is 0 Å². The van der Waals surface area contributed by atoms with E-state index in [0.29, 0.717) is 31.9 Å². The molecule has 8 nitrogen and oxygen atoms in total. The molecule has 3 amide bonds. The molecule has 2 aliphatic rings. The number of alkyl halides is 3. The van der Waals surface area contributed by atoms with Gasteiger partial charge in [0.2, 0.25) is 17.7 Å². The maximum atomic E-state index is 13.9. The normalized spacial score (nSPS) is 19.5. The Morgan fingerprint density at radius 2 is 1.66 bits per heavy atom. The lowest BCUT2D eigenvalue weighted by Crippen LogP contribution is -2.33. The number of rotatable bonds is 6. The number of thiazole rings is 1. The van der Waals surface area contributed by atoms with Crippen molar-refractivity contribution in [2.75, 3.05) is 17.3 Å². The number of nitrogens with zero attached hydrogens (tertiary/aromatic N) is 2. The van der Waals surface area contributed by atoms with Gasteiger partial charge in [-0.2, -0.15) is 13.2 Å². The number of methoxy groups -OCH3 is 1. The average molecular weight is 660 g/mol. The summed E-state index contributed by atoms with van der Waals surface area (Å²) in [4.78, 5) is 55.1. The molecule has 3 aromatic carbocycles. The SMILES string of the molecule is COc1ccc(N2C(=O)C3Sc4c(sc(=O)n4CC(=O)Nc4ccccc4C(F)(F)F)C(c4ccc(Cl)cc4)C3C2=O)cc1. The molecule has 0 aliphatic carbocycles. The summed E-state index contributed by atoms with van der Waals surface area (Å²) in [6.45, 7) is -0.598. The number of para-hydroxylation sites is 1. The number of amides is 3. The number of halogens is 4. The Morgan fingerprint density at radius 1 is 0.977 bits per heavy atom. The summed E-state index contributed by atoms with van der Waals surface area (Å²) in [5.41, 5.74) is -0.475. The van der Waals surface area contributed by atoms with Crippen molar-refractivity contribution in [1.82, 2.24) is 4.57 Å². The van der Waals surface area contributed by atoms with E-state index in [-0.39, 0.29) is 0 Å². The van der Waals surface area contributed by atoms with Crippen molar-refractivity contribution in [1.29, 1.82) is 0 Å². The summed E-state index contributed by atoms with van der Waals surface area (Å²) in [6.07, 6.45) is -4.70. The molecule has 226 valence electrons. The zero-order valence-corrected chi connectivity index (χ0v) is 25.0. The van der Waals surface area contributed by atoms with Crippen molar-refractivity contribution in [3.05, 3.63) is 103 Å². The van der Waals surface area contributed by atoms with Gasteiger partial charge in [-0.05, 0) is 54.1 Å². The quantitative estimate of drug-likeness (QED) is 0.254. The van der Waals surface area contributed by atoms with Crippen LogP contribution in [-0.2, 0) is 27.1 Å². The molecular weight excluding hydrogens is 639 g/mol. The number of aromatic nitrogens is 1. The molecule has 1 saturated heterocycles. The number of hydrogen-bond acceptors (Lipinski definition) is 7. The molecule has 1 aromatic heterocycles. The van der Waals surface area contributed by atoms with Crippen LogP contribution in [0.3, 0.4) is 0 Å². The summed E-state index contributed by atoms with van der Waals surface area (Å²) in [6, 6.07) is 17.7. The van der Waals surface area contributed by atoms with Crippen molar-refractivity contribution in [2.24, 2.45) is 5.92 Å². The number of nitrogens with one attached hydrogen (secondary N) is 1. The molecule has 3 unspecified atom stereocenters. The lowest BCUT2D eigenvalue weighted by molar-refractivity contribution is -0.137. The van der Waals surface area contributed by atoms with Crippen LogP contribution in [0.15, 0.2) is 82.6 Å². The number of hydrogen-bond donors (Lipinski definition) is 1. The van der Waals surface area contributed by atoms with E-state index in [1.165, 1.54) is 19.2 Å². The predicted octanol–water partition coefficient (Wildman–Crippen LogP) is 6.03. The Morgan fingerprint density at radius 3 is 2.32 bits per heavy atom. The third-order valence-electron chi connectivity index (χ3n) is 7.42. The highest BCUT2D eigenvalue weighted by atomic mass is 35.5. The number of anilines is 2. The first-order valence-corrected chi connectivity index (χ1v) is 15.2. The summed E-state index contributed by atoms with van der Waals surface area (Å²) in [5.74, 6) is -2.85. The molecular formula is C30H21ClF3N3O5S2. The van der Waals surface area contributed by atoms with Crippen molar-refractivity contribution >= 4 is 63.8 Å². The third-order valence-corrected chi connectivity index (χ3v) is 10.3. The molecule has 0 saturated carbocycles. The minimum Gasteiger partial charge on any atom is -0.497 e. The Kier molecular flexibility index (Phi) is 7.80. The number of fused-ring (bicyclic) bond motifs is 2. The number of carbonyl (C=O) groups excluding carboxylic acids is 3. The molecule has 4 aromatic rings. The standard InChI is InChI=1S/C30H21ClF3N3O5S2/c1-42-18-12-10-17(11-13-18)37-26(39)23-22(15-6-8-16(31)9-7-15)25-28(43-24(23)27(37)40)36(29(41)44-25)14-21(38)35-20-5-3-2-4-19(20)30(32,33)34/h2-13,22-24H,14H2,1H3,(H,35,38). The number of ether oxygens (including phenoxy) is 1. The topological polar surface area (TPSA) is 97.7 Å². The Bertz CT molecular complexity index is 1840. The minimum absolute atomic E-state index is 0.304. The van der Waals surface area contributed by atoms with E-state index in [1.54, 1.807) is 48.5 Å². The lowest BCUT2D eigenvalue weighted by Gasteiger charge is -2.30. The molecule has 44 heavy (non-hydrogen) atoms. The second kappa shape index (κ2) is 11.5. The van der Waals surface area contributed by atoms with Gasteiger partial charge in [0.15, 0.2) is 0 Å². The fourth-order valence-electron chi connectivity index (χ4n) is 5.44. The monoisotopic (exact) mass is 659 g/mol. The number of imide groups is 1. The fraction of sp³-hybridized carbons (Fsp3) is 0.200. The van der Waals surface area contributed by atoms with Crippen molar-refractivity contribution in [3.63, 3.8) is 0 Å². The van der Waals surface area contributed by atoms with Gasteiger partial charge in [0.25, 0.3) is 0 Å². The van der Waals surface area contributed by atoms with Crippen LogP contribution in [0.1, 0.15) is 21.9 Å². The van der Waals surface area contributed by atoms with Crippen LogP contribution in [0.5, 0.6) is 5.75 Å². The molecule has 0 bridgehead atoms. The molecule has 1 N–H and O–H groups in total. The van der Waals surface area contributed by atoms with E-state index < -0.39 is 63.7 Å². The van der Waals surface area contributed by atoms with Crippen molar-refractivity contribution < 1.29 is 32.3 Å².